The lowest BCUT2D eigenvalue weighted by atomic mass is 10.2. The topological polar surface area (TPSA) is 119 Å². The van der Waals surface area contributed by atoms with Gasteiger partial charge in [-0.25, -0.2) is 21.6 Å². The molecule has 8 nitrogen and oxygen atoms in total. The van der Waals surface area contributed by atoms with Crippen LogP contribution in [0.3, 0.4) is 0 Å². The van der Waals surface area contributed by atoms with Crippen LogP contribution in [0.1, 0.15) is 17.3 Å². The molecule has 0 unspecified atom stereocenters. The van der Waals surface area contributed by atoms with Crippen molar-refractivity contribution in [2.45, 2.75) is 16.7 Å². The third-order valence-electron chi connectivity index (χ3n) is 4.19. The van der Waals surface area contributed by atoms with Gasteiger partial charge in [0, 0.05) is 21.4 Å². The van der Waals surface area contributed by atoms with Crippen LogP contribution < -0.4 is 9.44 Å². The molecule has 0 amide bonds. The molecule has 33 heavy (non-hydrogen) atoms. The van der Waals surface area contributed by atoms with E-state index in [-0.39, 0.29) is 43.4 Å². The molecule has 0 aromatic heterocycles. The van der Waals surface area contributed by atoms with Crippen LogP contribution in [0.5, 0.6) is 0 Å². The van der Waals surface area contributed by atoms with E-state index in [1.165, 1.54) is 66.7 Å². The fourth-order valence-corrected chi connectivity index (χ4v) is 5.57. The second-order valence-corrected chi connectivity index (χ2v) is 10.9. The molecule has 0 atom stereocenters. The molecule has 2 N–H and O–H groups in total. The van der Waals surface area contributed by atoms with Crippen molar-refractivity contribution in [1.82, 2.24) is 0 Å². The number of carbonyl (C=O) groups is 1. The summed E-state index contributed by atoms with van der Waals surface area (Å²) < 4.78 is 60.2. The molecular formula is C21H18Cl2N2O6S2. The Hall–Kier alpha value is -2.79. The number of sulfonamides is 2. The van der Waals surface area contributed by atoms with E-state index in [1.54, 1.807) is 6.92 Å². The molecule has 0 aliphatic carbocycles. The van der Waals surface area contributed by atoms with Crippen molar-refractivity contribution >= 4 is 60.6 Å². The monoisotopic (exact) mass is 528 g/mol. The summed E-state index contributed by atoms with van der Waals surface area (Å²) in [6.07, 6.45) is 0. The zero-order valence-electron chi connectivity index (χ0n) is 17.1. The number of ether oxygens (including phenoxy) is 1. The first-order chi connectivity index (χ1) is 15.5. The number of rotatable bonds is 8. The first kappa shape index (κ1) is 24.8. The lowest BCUT2D eigenvalue weighted by molar-refractivity contribution is 0.0526. The zero-order valence-corrected chi connectivity index (χ0v) is 20.2. The second kappa shape index (κ2) is 10.0. The van der Waals surface area contributed by atoms with Crippen molar-refractivity contribution < 1.29 is 26.4 Å². The highest BCUT2D eigenvalue weighted by molar-refractivity contribution is 7.93. The molecule has 0 aliphatic heterocycles. The molecule has 0 fully saturated rings. The molecular weight excluding hydrogens is 511 g/mol. The van der Waals surface area contributed by atoms with E-state index in [2.05, 4.69) is 9.44 Å². The molecule has 3 rings (SSSR count). The van der Waals surface area contributed by atoms with E-state index in [4.69, 9.17) is 27.9 Å². The largest absolute Gasteiger partial charge is 0.462 e. The minimum absolute atomic E-state index is 0.113. The highest BCUT2D eigenvalue weighted by Gasteiger charge is 2.18. The average Bonchev–Trinajstić information content (AvgIpc) is 2.73. The standard InChI is InChI=1S/C21H18Cl2N2O6S2/c1-2-31-21(26)14-4-3-5-18(10-14)25-32(27,28)19-8-6-17(7-9-19)24-33(29,30)20-12-15(22)11-16(23)13-20/h3-13,24-25H,2H2,1H3. The van der Waals surface area contributed by atoms with Crippen LogP contribution in [0.15, 0.2) is 76.5 Å². The van der Waals surface area contributed by atoms with Crippen molar-refractivity contribution in [3.8, 4) is 0 Å². The third-order valence-corrected chi connectivity index (χ3v) is 7.38. The van der Waals surface area contributed by atoms with Crippen LogP contribution in [0, 0.1) is 0 Å². The second-order valence-electron chi connectivity index (χ2n) is 6.64. The highest BCUT2D eigenvalue weighted by atomic mass is 35.5. The van der Waals surface area contributed by atoms with E-state index in [9.17, 15) is 21.6 Å². The van der Waals surface area contributed by atoms with E-state index in [0.29, 0.717) is 0 Å². The Bertz CT molecular complexity index is 1370. The van der Waals surface area contributed by atoms with Crippen LogP contribution in [-0.2, 0) is 24.8 Å². The van der Waals surface area contributed by atoms with Crippen molar-refractivity contribution in [2.75, 3.05) is 16.1 Å². The predicted octanol–water partition coefficient (Wildman–Crippen LogP) is 4.77. The van der Waals surface area contributed by atoms with Gasteiger partial charge in [0.25, 0.3) is 20.0 Å². The van der Waals surface area contributed by atoms with Gasteiger partial charge in [-0.15, -0.1) is 0 Å². The van der Waals surface area contributed by atoms with E-state index < -0.39 is 26.0 Å². The number of nitrogens with one attached hydrogen (secondary N) is 2. The molecule has 0 spiro atoms. The highest BCUT2D eigenvalue weighted by Crippen LogP contribution is 2.25. The molecule has 12 heteroatoms. The summed E-state index contributed by atoms with van der Waals surface area (Å²) in [6.45, 7) is 1.85. The Balaban J connectivity index is 1.78. The van der Waals surface area contributed by atoms with Crippen LogP contribution >= 0.6 is 23.2 Å². The average molecular weight is 529 g/mol. The Labute approximate surface area is 201 Å². The Morgan fingerprint density at radius 3 is 1.97 bits per heavy atom. The van der Waals surface area contributed by atoms with E-state index in [1.807, 2.05) is 0 Å². The number of esters is 1. The first-order valence-electron chi connectivity index (χ1n) is 9.39. The number of anilines is 2. The van der Waals surface area contributed by atoms with Crippen molar-refractivity contribution in [3.05, 3.63) is 82.3 Å². The van der Waals surface area contributed by atoms with Gasteiger partial charge in [-0.05, 0) is 67.6 Å². The molecule has 3 aromatic carbocycles. The Morgan fingerprint density at radius 2 is 1.36 bits per heavy atom. The molecule has 0 radical (unpaired) electrons. The minimum Gasteiger partial charge on any atom is -0.462 e. The van der Waals surface area contributed by atoms with Gasteiger partial charge in [0.2, 0.25) is 0 Å². The van der Waals surface area contributed by atoms with E-state index >= 15 is 0 Å². The van der Waals surface area contributed by atoms with Crippen LogP contribution in [0.25, 0.3) is 0 Å². The molecule has 0 aliphatic rings. The van der Waals surface area contributed by atoms with Crippen molar-refractivity contribution in [3.63, 3.8) is 0 Å². The predicted molar refractivity (Wildman–Crippen MR) is 127 cm³/mol. The summed E-state index contributed by atoms with van der Waals surface area (Å²) in [7, 11) is -8.01. The van der Waals surface area contributed by atoms with Crippen LogP contribution in [0.4, 0.5) is 11.4 Å². The van der Waals surface area contributed by atoms with Gasteiger partial charge >= 0.3 is 5.97 Å². The molecule has 0 saturated carbocycles. The van der Waals surface area contributed by atoms with E-state index in [0.717, 1.165) is 0 Å². The summed E-state index contributed by atoms with van der Waals surface area (Å²) in [6, 6.07) is 14.8. The third kappa shape index (κ3) is 6.38. The number of hydrogen-bond acceptors (Lipinski definition) is 6. The summed E-state index contributed by atoms with van der Waals surface area (Å²) in [5.74, 6) is -0.573. The SMILES string of the molecule is CCOC(=O)c1cccc(NS(=O)(=O)c2ccc(NS(=O)(=O)c3cc(Cl)cc(Cl)c3)cc2)c1. The zero-order chi connectivity index (χ0) is 24.2. The number of carbonyl (C=O) groups excluding carboxylic acids is 1. The number of hydrogen-bond donors (Lipinski definition) is 2. The first-order valence-corrected chi connectivity index (χ1v) is 13.1. The van der Waals surface area contributed by atoms with Gasteiger partial charge in [0.15, 0.2) is 0 Å². The summed E-state index contributed by atoms with van der Waals surface area (Å²) >= 11 is 11.7. The quantitative estimate of drug-likeness (QED) is 0.406. The van der Waals surface area contributed by atoms with Crippen molar-refractivity contribution in [1.29, 1.82) is 0 Å². The summed E-state index contributed by atoms with van der Waals surface area (Å²) in [5.41, 5.74) is 0.500. The minimum atomic E-state index is -4.01. The van der Waals surface area contributed by atoms with Gasteiger partial charge in [-0.1, -0.05) is 29.3 Å². The Kier molecular flexibility index (Phi) is 7.53. The fourth-order valence-electron chi connectivity index (χ4n) is 2.74. The normalized spacial score (nSPS) is 11.6. The van der Waals surface area contributed by atoms with Crippen LogP contribution in [0.2, 0.25) is 10.0 Å². The van der Waals surface area contributed by atoms with Gasteiger partial charge in [0.05, 0.1) is 22.0 Å². The lowest BCUT2D eigenvalue weighted by Gasteiger charge is -2.11. The molecule has 0 saturated heterocycles. The summed E-state index contributed by atoms with van der Waals surface area (Å²) in [4.78, 5) is 11.6. The molecule has 0 bridgehead atoms. The maximum atomic E-state index is 12.7. The van der Waals surface area contributed by atoms with Gasteiger partial charge < -0.3 is 4.74 Å². The Morgan fingerprint density at radius 1 is 0.788 bits per heavy atom. The van der Waals surface area contributed by atoms with Gasteiger partial charge in [-0.2, -0.15) is 0 Å². The number of benzene rings is 3. The lowest BCUT2D eigenvalue weighted by Crippen LogP contribution is -2.15. The summed E-state index contributed by atoms with van der Waals surface area (Å²) in [5, 5.41) is 0.310. The molecule has 3 aromatic rings. The number of halogens is 2. The van der Waals surface area contributed by atoms with Crippen LogP contribution in [-0.4, -0.2) is 29.4 Å². The van der Waals surface area contributed by atoms with Gasteiger partial charge in [0.1, 0.15) is 0 Å². The van der Waals surface area contributed by atoms with Gasteiger partial charge in [-0.3, -0.25) is 9.44 Å². The maximum absolute atomic E-state index is 12.7. The molecule has 174 valence electrons. The maximum Gasteiger partial charge on any atom is 0.338 e. The molecule has 0 heterocycles. The smallest absolute Gasteiger partial charge is 0.338 e. The fraction of sp³-hybridized carbons (Fsp3) is 0.0952. The van der Waals surface area contributed by atoms with Crippen molar-refractivity contribution in [2.24, 2.45) is 0 Å².